The predicted molar refractivity (Wildman–Crippen MR) is 85.9 cm³/mol. The molecule has 0 aliphatic rings. The Labute approximate surface area is 133 Å². The maximum absolute atomic E-state index is 12.1. The molecule has 114 valence electrons. The van der Waals surface area contributed by atoms with Crippen LogP contribution in [0.5, 0.6) is 11.5 Å². The Hall–Kier alpha value is -2.53. The van der Waals surface area contributed by atoms with Gasteiger partial charge in [-0.05, 0) is 37.3 Å². The molecule has 5 nitrogen and oxygen atoms in total. The third kappa shape index (κ3) is 3.56. The van der Waals surface area contributed by atoms with Gasteiger partial charge in [0.15, 0.2) is 0 Å². The van der Waals surface area contributed by atoms with Gasteiger partial charge in [0.05, 0.1) is 13.3 Å². The van der Waals surface area contributed by atoms with Crippen molar-refractivity contribution >= 4 is 23.7 Å². The number of hydrazone groups is 1. The van der Waals surface area contributed by atoms with E-state index in [9.17, 15) is 9.90 Å². The maximum atomic E-state index is 12.1. The van der Waals surface area contributed by atoms with E-state index < -0.39 is 0 Å². The van der Waals surface area contributed by atoms with E-state index in [-0.39, 0.29) is 11.7 Å². The fraction of sp³-hybridized carbons (Fsp3) is 0.125. The number of amides is 1. The predicted octanol–water partition coefficient (Wildman–Crippen LogP) is 3.13. The van der Waals surface area contributed by atoms with E-state index in [1.54, 1.807) is 44.4 Å². The van der Waals surface area contributed by atoms with Gasteiger partial charge >= 0.3 is 0 Å². The Morgan fingerprint density at radius 2 is 2.14 bits per heavy atom. The van der Waals surface area contributed by atoms with Crippen LogP contribution >= 0.6 is 11.6 Å². The molecule has 0 spiro atoms. The first-order valence-electron chi connectivity index (χ1n) is 6.48. The van der Waals surface area contributed by atoms with Crippen LogP contribution in [0.4, 0.5) is 0 Å². The Balaban J connectivity index is 2.13. The lowest BCUT2D eigenvalue weighted by Gasteiger charge is -2.08. The van der Waals surface area contributed by atoms with Crippen molar-refractivity contribution in [2.45, 2.75) is 6.92 Å². The molecule has 0 aliphatic carbocycles. The molecule has 0 aliphatic heterocycles. The van der Waals surface area contributed by atoms with Crippen LogP contribution in [0.1, 0.15) is 21.5 Å². The first-order valence-corrected chi connectivity index (χ1v) is 6.86. The number of aromatic hydroxyl groups is 1. The summed E-state index contributed by atoms with van der Waals surface area (Å²) in [6, 6.07) is 9.75. The van der Waals surface area contributed by atoms with Gasteiger partial charge in [-0.1, -0.05) is 17.7 Å². The topological polar surface area (TPSA) is 70.9 Å². The summed E-state index contributed by atoms with van der Waals surface area (Å²) in [5.41, 5.74) is 4.01. The van der Waals surface area contributed by atoms with Crippen LogP contribution in [0.25, 0.3) is 0 Å². The van der Waals surface area contributed by atoms with Crippen molar-refractivity contribution in [3.05, 3.63) is 58.1 Å². The highest BCUT2D eigenvalue weighted by atomic mass is 35.5. The van der Waals surface area contributed by atoms with Crippen molar-refractivity contribution in [2.24, 2.45) is 5.10 Å². The molecule has 2 aromatic carbocycles. The number of rotatable bonds is 4. The van der Waals surface area contributed by atoms with E-state index in [2.05, 4.69) is 10.5 Å². The van der Waals surface area contributed by atoms with E-state index in [0.717, 1.165) is 5.56 Å². The molecule has 0 radical (unpaired) electrons. The lowest BCUT2D eigenvalue weighted by atomic mass is 10.1. The molecule has 0 unspecified atom stereocenters. The van der Waals surface area contributed by atoms with Crippen molar-refractivity contribution < 1.29 is 14.6 Å². The molecule has 22 heavy (non-hydrogen) atoms. The second kappa shape index (κ2) is 6.95. The summed E-state index contributed by atoms with van der Waals surface area (Å²) in [4.78, 5) is 12.1. The molecule has 6 heteroatoms. The summed E-state index contributed by atoms with van der Waals surface area (Å²) >= 11 is 5.83. The number of phenolic OH excluding ortho intramolecular Hbond substituents is 1. The standard InChI is InChI=1S/C16H15ClN2O3/c1-10-13(4-3-5-15(10)22-2)16(21)19-18-9-11-8-12(17)6-7-14(11)20/h3-9,20H,1-2H3,(H,19,21)/b18-9+. The van der Waals surface area contributed by atoms with Gasteiger partial charge in [0.25, 0.3) is 5.91 Å². The van der Waals surface area contributed by atoms with Crippen molar-refractivity contribution in [1.29, 1.82) is 0 Å². The number of nitrogens with one attached hydrogen (secondary N) is 1. The highest BCUT2D eigenvalue weighted by Gasteiger charge is 2.11. The van der Waals surface area contributed by atoms with Crippen LogP contribution < -0.4 is 10.2 Å². The van der Waals surface area contributed by atoms with Gasteiger partial charge in [0.1, 0.15) is 11.5 Å². The SMILES string of the molecule is COc1cccc(C(=O)N/N=C/c2cc(Cl)ccc2O)c1C. The van der Waals surface area contributed by atoms with Crippen LogP contribution in [-0.4, -0.2) is 24.3 Å². The number of phenols is 1. The fourth-order valence-electron chi connectivity index (χ4n) is 1.93. The number of ether oxygens (including phenoxy) is 1. The smallest absolute Gasteiger partial charge is 0.271 e. The summed E-state index contributed by atoms with van der Waals surface area (Å²) in [5.74, 6) is 0.290. The number of nitrogens with zero attached hydrogens (tertiary/aromatic N) is 1. The minimum Gasteiger partial charge on any atom is -0.507 e. The lowest BCUT2D eigenvalue weighted by molar-refractivity contribution is 0.0954. The number of carbonyl (C=O) groups excluding carboxylic acids is 1. The molecule has 2 rings (SSSR count). The zero-order valence-electron chi connectivity index (χ0n) is 12.1. The van der Waals surface area contributed by atoms with Crippen molar-refractivity contribution in [1.82, 2.24) is 5.43 Å². The zero-order valence-corrected chi connectivity index (χ0v) is 12.9. The minimum absolute atomic E-state index is 0.0277. The van der Waals surface area contributed by atoms with Gasteiger partial charge in [0.2, 0.25) is 0 Å². The van der Waals surface area contributed by atoms with E-state index in [0.29, 0.717) is 21.9 Å². The molecular weight excluding hydrogens is 304 g/mol. The molecular formula is C16H15ClN2O3. The second-order valence-electron chi connectivity index (χ2n) is 4.54. The molecule has 0 saturated carbocycles. The summed E-state index contributed by atoms with van der Waals surface area (Å²) in [5, 5.41) is 13.9. The number of hydrogen-bond donors (Lipinski definition) is 2. The van der Waals surface area contributed by atoms with Gasteiger partial charge in [-0.25, -0.2) is 5.43 Å². The molecule has 2 aromatic rings. The molecule has 1 amide bonds. The van der Waals surface area contributed by atoms with Gasteiger partial charge in [-0.3, -0.25) is 4.79 Å². The molecule has 0 saturated heterocycles. The maximum Gasteiger partial charge on any atom is 0.271 e. The summed E-state index contributed by atoms with van der Waals surface area (Å²) in [7, 11) is 1.55. The third-order valence-electron chi connectivity index (χ3n) is 3.11. The van der Waals surface area contributed by atoms with Gasteiger partial charge in [-0.2, -0.15) is 5.10 Å². The van der Waals surface area contributed by atoms with E-state index in [4.69, 9.17) is 16.3 Å². The normalized spacial score (nSPS) is 10.7. The average molecular weight is 319 g/mol. The highest BCUT2D eigenvalue weighted by Crippen LogP contribution is 2.21. The summed E-state index contributed by atoms with van der Waals surface area (Å²) < 4.78 is 5.17. The summed E-state index contributed by atoms with van der Waals surface area (Å²) in [6.45, 7) is 1.79. The van der Waals surface area contributed by atoms with Crippen LogP contribution in [0.15, 0.2) is 41.5 Å². The second-order valence-corrected chi connectivity index (χ2v) is 4.97. The molecule has 2 N–H and O–H groups in total. The van der Waals surface area contributed by atoms with Crippen LogP contribution in [0.2, 0.25) is 5.02 Å². The quantitative estimate of drug-likeness (QED) is 0.672. The number of halogens is 1. The molecule has 0 heterocycles. The van der Waals surface area contributed by atoms with Crippen molar-refractivity contribution in [3.8, 4) is 11.5 Å². The third-order valence-corrected chi connectivity index (χ3v) is 3.34. The van der Waals surface area contributed by atoms with Gasteiger partial charge < -0.3 is 9.84 Å². The molecule has 0 atom stereocenters. The van der Waals surface area contributed by atoms with Crippen molar-refractivity contribution in [2.75, 3.05) is 7.11 Å². The fourth-order valence-corrected chi connectivity index (χ4v) is 2.11. The lowest BCUT2D eigenvalue weighted by Crippen LogP contribution is -2.19. The number of hydrogen-bond acceptors (Lipinski definition) is 4. The van der Waals surface area contributed by atoms with Crippen LogP contribution in [0, 0.1) is 6.92 Å². The minimum atomic E-state index is -0.367. The molecule has 0 bridgehead atoms. The van der Waals surface area contributed by atoms with Crippen LogP contribution in [-0.2, 0) is 0 Å². The van der Waals surface area contributed by atoms with E-state index >= 15 is 0 Å². The Kier molecular flexibility index (Phi) is 5.01. The Morgan fingerprint density at radius 3 is 2.86 bits per heavy atom. The van der Waals surface area contributed by atoms with Gasteiger partial charge in [0, 0.05) is 21.7 Å². The van der Waals surface area contributed by atoms with E-state index in [1.807, 2.05) is 0 Å². The molecule has 0 fully saturated rings. The zero-order chi connectivity index (χ0) is 16.1. The Morgan fingerprint density at radius 1 is 1.36 bits per heavy atom. The average Bonchev–Trinajstić information content (AvgIpc) is 2.50. The largest absolute Gasteiger partial charge is 0.507 e. The van der Waals surface area contributed by atoms with E-state index in [1.165, 1.54) is 12.3 Å². The summed E-state index contributed by atoms with van der Waals surface area (Å²) in [6.07, 6.45) is 1.33. The molecule has 0 aromatic heterocycles. The van der Waals surface area contributed by atoms with Gasteiger partial charge in [-0.15, -0.1) is 0 Å². The highest BCUT2D eigenvalue weighted by molar-refractivity contribution is 6.30. The van der Waals surface area contributed by atoms with Crippen LogP contribution in [0.3, 0.4) is 0 Å². The first-order chi connectivity index (χ1) is 10.5. The van der Waals surface area contributed by atoms with Crippen molar-refractivity contribution in [3.63, 3.8) is 0 Å². The number of methoxy groups -OCH3 is 1. The Bertz CT molecular complexity index is 729. The first kappa shape index (κ1) is 15.9. The monoisotopic (exact) mass is 318 g/mol. The number of benzene rings is 2. The number of carbonyl (C=O) groups is 1.